The zero-order valence-corrected chi connectivity index (χ0v) is 16.5. The number of nitrogens with zero attached hydrogens (tertiary/aromatic N) is 1. The molecular weight excluding hydrogens is 330 g/mol. The van der Waals surface area contributed by atoms with Crippen molar-refractivity contribution in [1.29, 1.82) is 0 Å². The second kappa shape index (κ2) is 10.3. The molecule has 0 spiro atoms. The van der Waals surface area contributed by atoms with E-state index in [0.717, 1.165) is 50.4 Å². The Morgan fingerprint density at radius 2 is 2.00 bits per heavy atom. The lowest BCUT2D eigenvalue weighted by Crippen LogP contribution is -2.48. The Balaban J connectivity index is 1.83. The summed E-state index contributed by atoms with van der Waals surface area (Å²) in [5, 5.41) is 6.46. The van der Waals surface area contributed by atoms with E-state index in [2.05, 4.69) is 30.5 Å². The van der Waals surface area contributed by atoms with E-state index in [4.69, 9.17) is 9.47 Å². The first-order valence-electron chi connectivity index (χ1n) is 9.67. The molecule has 0 bridgehead atoms. The van der Waals surface area contributed by atoms with Crippen molar-refractivity contribution >= 4 is 6.03 Å². The molecule has 6 nitrogen and oxygen atoms in total. The van der Waals surface area contributed by atoms with Crippen molar-refractivity contribution in [2.24, 2.45) is 0 Å². The number of ether oxygens (including phenoxy) is 2. The van der Waals surface area contributed by atoms with Crippen LogP contribution in [0.25, 0.3) is 0 Å². The lowest BCUT2D eigenvalue weighted by Gasteiger charge is -2.32. The number of methoxy groups -OCH3 is 1. The van der Waals surface area contributed by atoms with Crippen LogP contribution in [0.3, 0.4) is 0 Å². The van der Waals surface area contributed by atoms with Gasteiger partial charge in [0, 0.05) is 32.2 Å². The summed E-state index contributed by atoms with van der Waals surface area (Å²) in [7, 11) is 1.67. The molecule has 0 aliphatic carbocycles. The fraction of sp³-hybridized carbons (Fsp3) is 0.650. The van der Waals surface area contributed by atoms with Crippen molar-refractivity contribution in [3.8, 4) is 11.5 Å². The first-order valence-corrected chi connectivity index (χ1v) is 9.67. The van der Waals surface area contributed by atoms with Crippen LogP contribution < -0.4 is 20.1 Å². The summed E-state index contributed by atoms with van der Waals surface area (Å²) >= 11 is 0. The Morgan fingerprint density at radius 1 is 1.27 bits per heavy atom. The van der Waals surface area contributed by atoms with Crippen molar-refractivity contribution in [2.75, 3.05) is 26.7 Å². The largest absolute Gasteiger partial charge is 0.493 e. The van der Waals surface area contributed by atoms with Gasteiger partial charge in [-0.15, -0.1) is 0 Å². The average Bonchev–Trinajstić information content (AvgIpc) is 2.67. The molecule has 1 atom stereocenters. The maximum Gasteiger partial charge on any atom is 0.317 e. The highest BCUT2D eigenvalue weighted by molar-refractivity contribution is 5.74. The molecular formula is C20H33N3O3. The predicted molar refractivity (Wildman–Crippen MR) is 104 cm³/mol. The molecule has 0 aromatic heterocycles. The fourth-order valence-electron chi connectivity index (χ4n) is 3.03. The normalized spacial score (nSPS) is 16.2. The number of benzene rings is 1. The van der Waals surface area contributed by atoms with E-state index in [1.54, 1.807) is 7.11 Å². The van der Waals surface area contributed by atoms with Gasteiger partial charge in [-0.25, -0.2) is 4.79 Å². The minimum Gasteiger partial charge on any atom is -0.493 e. The van der Waals surface area contributed by atoms with Gasteiger partial charge >= 0.3 is 6.03 Å². The minimum atomic E-state index is 0.0487. The summed E-state index contributed by atoms with van der Waals surface area (Å²) in [4.78, 5) is 13.7. The van der Waals surface area contributed by atoms with Crippen LogP contribution in [0.5, 0.6) is 11.5 Å². The molecule has 1 aliphatic rings. The number of nitrogens with one attached hydrogen (secondary N) is 2. The number of urea groups is 1. The molecule has 2 rings (SSSR count). The van der Waals surface area contributed by atoms with Crippen molar-refractivity contribution < 1.29 is 14.3 Å². The van der Waals surface area contributed by atoms with Gasteiger partial charge in [0.1, 0.15) is 0 Å². The van der Waals surface area contributed by atoms with Gasteiger partial charge in [0.15, 0.2) is 11.5 Å². The minimum absolute atomic E-state index is 0.0487. The quantitative estimate of drug-likeness (QED) is 0.745. The van der Waals surface area contributed by atoms with Crippen LogP contribution >= 0.6 is 0 Å². The van der Waals surface area contributed by atoms with Crippen molar-refractivity contribution in [3.05, 3.63) is 23.8 Å². The van der Waals surface area contributed by atoms with E-state index in [-0.39, 0.29) is 12.1 Å². The van der Waals surface area contributed by atoms with Crippen LogP contribution in [0.15, 0.2) is 18.2 Å². The Kier molecular flexibility index (Phi) is 8.04. The molecule has 2 N–H and O–H groups in total. The van der Waals surface area contributed by atoms with Crippen molar-refractivity contribution in [2.45, 2.75) is 58.7 Å². The zero-order valence-electron chi connectivity index (χ0n) is 16.5. The molecule has 146 valence electrons. The lowest BCUT2D eigenvalue weighted by atomic mass is 10.0. The van der Waals surface area contributed by atoms with Crippen molar-refractivity contribution in [3.63, 3.8) is 0 Å². The number of rotatable bonds is 8. The highest BCUT2D eigenvalue weighted by Gasteiger charge is 2.22. The third-order valence-corrected chi connectivity index (χ3v) is 4.84. The zero-order chi connectivity index (χ0) is 18.9. The molecule has 26 heavy (non-hydrogen) atoms. The molecule has 0 unspecified atom stereocenters. The number of piperidine rings is 1. The first kappa shape index (κ1) is 20.4. The van der Waals surface area contributed by atoms with Crippen LogP contribution in [0, 0.1) is 0 Å². The number of carbonyl (C=O) groups excluding carboxylic acids is 1. The lowest BCUT2D eigenvalue weighted by molar-refractivity contribution is 0.176. The number of likely N-dealkylation sites (tertiary alicyclic amines) is 1. The highest BCUT2D eigenvalue weighted by atomic mass is 16.5. The Morgan fingerprint density at radius 3 is 2.62 bits per heavy atom. The van der Waals surface area contributed by atoms with E-state index < -0.39 is 0 Å². The van der Waals surface area contributed by atoms with E-state index in [1.165, 1.54) is 5.56 Å². The van der Waals surface area contributed by atoms with Gasteiger partial charge < -0.3 is 25.0 Å². The molecule has 1 fully saturated rings. The molecule has 1 heterocycles. The third-order valence-electron chi connectivity index (χ3n) is 4.84. The smallest absolute Gasteiger partial charge is 0.317 e. The summed E-state index contributed by atoms with van der Waals surface area (Å²) in [5.74, 6) is 1.57. The number of amides is 2. The standard InChI is InChI=1S/C20H33N3O3/c1-5-15(3)26-18-8-7-16(13-19(18)25-4)14-22-17-9-11-23(12-10-17)20(24)21-6-2/h7-8,13,15,17,22H,5-6,9-12,14H2,1-4H3,(H,21,24)/t15-/m1/s1. The fourth-order valence-corrected chi connectivity index (χ4v) is 3.03. The molecule has 1 aromatic rings. The topological polar surface area (TPSA) is 62.8 Å². The highest BCUT2D eigenvalue weighted by Crippen LogP contribution is 2.29. The molecule has 1 saturated heterocycles. The van der Waals surface area contributed by atoms with Gasteiger partial charge in [-0.2, -0.15) is 0 Å². The summed E-state index contributed by atoms with van der Waals surface area (Å²) in [6, 6.07) is 6.58. The van der Waals surface area contributed by atoms with Crippen molar-refractivity contribution in [1.82, 2.24) is 15.5 Å². The summed E-state index contributed by atoms with van der Waals surface area (Å²) in [6.07, 6.45) is 3.08. The predicted octanol–water partition coefficient (Wildman–Crippen LogP) is 3.16. The second-order valence-corrected chi connectivity index (χ2v) is 6.80. The molecule has 6 heteroatoms. The summed E-state index contributed by atoms with van der Waals surface area (Å²) in [6.45, 7) is 9.17. The summed E-state index contributed by atoms with van der Waals surface area (Å²) in [5.41, 5.74) is 1.17. The van der Waals surface area contributed by atoms with Gasteiger partial charge in [0.05, 0.1) is 13.2 Å². The maximum absolute atomic E-state index is 11.9. The van der Waals surface area contributed by atoms with Gasteiger partial charge in [-0.3, -0.25) is 0 Å². The van der Waals surface area contributed by atoms with Gasteiger partial charge in [0.2, 0.25) is 0 Å². The Hall–Kier alpha value is -1.95. The van der Waals surface area contributed by atoms with E-state index in [0.29, 0.717) is 12.6 Å². The summed E-state index contributed by atoms with van der Waals surface area (Å²) < 4.78 is 11.4. The first-order chi connectivity index (χ1) is 12.6. The molecule has 2 amide bonds. The monoisotopic (exact) mass is 363 g/mol. The molecule has 0 saturated carbocycles. The second-order valence-electron chi connectivity index (χ2n) is 6.80. The van der Waals surface area contributed by atoms with Crippen LogP contribution in [0.2, 0.25) is 0 Å². The SMILES string of the molecule is CCNC(=O)N1CCC(NCc2ccc(O[C@H](C)CC)c(OC)c2)CC1. The van der Waals surface area contributed by atoms with Gasteiger partial charge in [-0.05, 0) is 50.8 Å². The number of hydrogen-bond acceptors (Lipinski definition) is 4. The van der Waals surface area contributed by atoms with E-state index >= 15 is 0 Å². The number of hydrogen-bond donors (Lipinski definition) is 2. The molecule has 1 aromatic carbocycles. The Labute approximate surface area is 157 Å². The van der Waals surface area contributed by atoms with Crippen LogP contribution in [0.4, 0.5) is 4.79 Å². The number of carbonyl (C=O) groups is 1. The molecule has 1 aliphatic heterocycles. The van der Waals surface area contributed by atoms with Crippen LogP contribution in [-0.2, 0) is 6.54 Å². The van der Waals surface area contributed by atoms with E-state index in [1.807, 2.05) is 24.0 Å². The van der Waals surface area contributed by atoms with Crippen LogP contribution in [0.1, 0.15) is 45.6 Å². The van der Waals surface area contributed by atoms with Gasteiger partial charge in [-0.1, -0.05) is 13.0 Å². The Bertz CT molecular complexity index is 571. The maximum atomic E-state index is 11.9. The van der Waals surface area contributed by atoms with Crippen LogP contribution in [-0.4, -0.2) is 49.8 Å². The van der Waals surface area contributed by atoms with Gasteiger partial charge in [0.25, 0.3) is 0 Å². The van der Waals surface area contributed by atoms with E-state index in [9.17, 15) is 4.79 Å². The molecule has 0 radical (unpaired) electrons. The average molecular weight is 364 g/mol. The third kappa shape index (κ3) is 5.80.